The van der Waals surface area contributed by atoms with Crippen molar-refractivity contribution in [2.24, 2.45) is 11.7 Å². The van der Waals surface area contributed by atoms with Crippen molar-refractivity contribution >= 4 is 0 Å². The lowest BCUT2D eigenvalue weighted by Crippen LogP contribution is -2.14. The van der Waals surface area contributed by atoms with Crippen LogP contribution in [0.1, 0.15) is 29.5 Å². The van der Waals surface area contributed by atoms with Crippen LogP contribution in [-0.4, -0.2) is 14.2 Å². The van der Waals surface area contributed by atoms with E-state index in [0.29, 0.717) is 11.8 Å². The number of hydrogen-bond acceptors (Lipinski definition) is 3. The molecule has 2 N–H and O–H groups in total. The molecule has 1 aliphatic carbocycles. The first-order valence-electron chi connectivity index (χ1n) is 7.27. The molecule has 0 aromatic heterocycles. The van der Waals surface area contributed by atoms with Gasteiger partial charge >= 0.3 is 0 Å². The third-order valence-corrected chi connectivity index (χ3v) is 4.33. The Labute approximate surface area is 125 Å². The minimum absolute atomic E-state index is 0.00365. The highest BCUT2D eigenvalue weighted by atomic mass is 16.5. The van der Waals surface area contributed by atoms with Crippen LogP contribution in [0.25, 0.3) is 0 Å². The van der Waals surface area contributed by atoms with Crippen LogP contribution in [-0.2, 0) is 0 Å². The van der Waals surface area contributed by atoms with Gasteiger partial charge in [0.25, 0.3) is 0 Å². The molecule has 0 radical (unpaired) electrons. The number of nitrogens with two attached hydrogens (primary N) is 1. The molecule has 0 aliphatic heterocycles. The average Bonchev–Trinajstić information content (AvgIpc) is 3.35. The zero-order valence-corrected chi connectivity index (χ0v) is 12.5. The van der Waals surface area contributed by atoms with E-state index >= 15 is 0 Å². The molecule has 110 valence electrons. The molecule has 3 rings (SSSR count). The number of benzene rings is 2. The fourth-order valence-electron chi connectivity index (χ4n) is 3.02. The Kier molecular flexibility index (Phi) is 3.84. The highest BCUT2D eigenvalue weighted by Crippen LogP contribution is 2.54. The molecular weight excluding hydrogens is 262 g/mol. The van der Waals surface area contributed by atoms with Gasteiger partial charge in [-0.2, -0.15) is 0 Å². The van der Waals surface area contributed by atoms with Crippen molar-refractivity contribution in [2.45, 2.75) is 18.4 Å². The van der Waals surface area contributed by atoms with Gasteiger partial charge in [-0.1, -0.05) is 36.4 Å². The van der Waals surface area contributed by atoms with Crippen LogP contribution in [0.15, 0.2) is 48.5 Å². The lowest BCUT2D eigenvalue weighted by molar-refractivity contribution is 0.386. The van der Waals surface area contributed by atoms with Gasteiger partial charge in [-0.25, -0.2) is 0 Å². The number of hydrogen-bond donors (Lipinski definition) is 1. The maximum Gasteiger partial charge on any atom is 0.127 e. The predicted molar refractivity (Wildman–Crippen MR) is 83.8 cm³/mol. The maximum absolute atomic E-state index is 6.48. The Morgan fingerprint density at radius 3 is 2.48 bits per heavy atom. The Hall–Kier alpha value is -2.00. The normalized spacial score (nSPS) is 21.7. The van der Waals surface area contributed by atoms with E-state index in [9.17, 15) is 0 Å². The highest BCUT2D eigenvalue weighted by molar-refractivity contribution is 5.44. The van der Waals surface area contributed by atoms with Crippen molar-refractivity contribution in [2.75, 3.05) is 14.2 Å². The summed E-state index contributed by atoms with van der Waals surface area (Å²) in [6, 6.07) is 16.4. The Balaban J connectivity index is 1.79. The summed E-state index contributed by atoms with van der Waals surface area (Å²) in [6.45, 7) is 0. The second-order valence-electron chi connectivity index (χ2n) is 5.55. The minimum atomic E-state index is -0.00365. The summed E-state index contributed by atoms with van der Waals surface area (Å²) in [6.07, 6.45) is 1.14. The van der Waals surface area contributed by atoms with Crippen molar-refractivity contribution < 1.29 is 9.47 Å². The Morgan fingerprint density at radius 1 is 1.05 bits per heavy atom. The molecule has 0 amide bonds. The van der Waals surface area contributed by atoms with Crippen LogP contribution < -0.4 is 15.2 Å². The number of methoxy groups -OCH3 is 2. The van der Waals surface area contributed by atoms with E-state index in [2.05, 4.69) is 24.3 Å². The smallest absolute Gasteiger partial charge is 0.127 e. The molecule has 0 saturated heterocycles. The van der Waals surface area contributed by atoms with Crippen LogP contribution in [0.4, 0.5) is 0 Å². The summed E-state index contributed by atoms with van der Waals surface area (Å²) in [4.78, 5) is 0. The van der Waals surface area contributed by atoms with Gasteiger partial charge in [-0.05, 0) is 29.9 Å². The molecule has 0 spiro atoms. The zero-order valence-electron chi connectivity index (χ0n) is 12.5. The first-order valence-corrected chi connectivity index (χ1v) is 7.27. The number of rotatable bonds is 5. The van der Waals surface area contributed by atoms with E-state index in [4.69, 9.17) is 15.2 Å². The zero-order chi connectivity index (χ0) is 14.8. The van der Waals surface area contributed by atoms with Gasteiger partial charge in [-0.3, -0.25) is 0 Å². The van der Waals surface area contributed by atoms with E-state index in [1.54, 1.807) is 14.2 Å². The molecule has 2 aromatic rings. The number of ether oxygens (including phenoxy) is 2. The van der Waals surface area contributed by atoms with Crippen LogP contribution in [0.5, 0.6) is 11.5 Å². The second-order valence-corrected chi connectivity index (χ2v) is 5.55. The van der Waals surface area contributed by atoms with Gasteiger partial charge in [0.05, 0.1) is 14.2 Å². The summed E-state index contributed by atoms with van der Waals surface area (Å²) in [7, 11) is 3.33. The Morgan fingerprint density at radius 2 is 1.81 bits per heavy atom. The fraction of sp³-hybridized carbons (Fsp3) is 0.333. The van der Waals surface area contributed by atoms with E-state index < -0.39 is 0 Å². The molecule has 3 heteroatoms. The Bertz CT molecular complexity index is 612. The average molecular weight is 283 g/mol. The van der Waals surface area contributed by atoms with Gasteiger partial charge in [0.1, 0.15) is 11.5 Å². The van der Waals surface area contributed by atoms with E-state index in [0.717, 1.165) is 23.5 Å². The molecule has 0 bridgehead atoms. The molecule has 3 atom stereocenters. The summed E-state index contributed by atoms with van der Waals surface area (Å²) in [5.41, 5.74) is 8.91. The van der Waals surface area contributed by atoms with Crippen LogP contribution >= 0.6 is 0 Å². The van der Waals surface area contributed by atoms with E-state index in [1.165, 1.54) is 5.56 Å². The first kappa shape index (κ1) is 14.0. The predicted octanol–water partition coefficient (Wildman–Crippen LogP) is 3.51. The van der Waals surface area contributed by atoms with Crippen molar-refractivity contribution in [3.8, 4) is 11.5 Å². The quantitative estimate of drug-likeness (QED) is 0.913. The summed E-state index contributed by atoms with van der Waals surface area (Å²) < 4.78 is 10.7. The van der Waals surface area contributed by atoms with Gasteiger partial charge in [0, 0.05) is 17.7 Å². The summed E-state index contributed by atoms with van der Waals surface area (Å²) >= 11 is 0. The highest BCUT2D eigenvalue weighted by Gasteiger charge is 2.43. The van der Waals surface area contributed by atoms with Gasteiger partial charge in [0.2, 0.25) is 0 Å². The molecule has 1 saturated carbocycles. The third-order valence-electron chi connectivity index (χ3n) is 4.33. The van der Waals surface area contributed by atoms with Crippen molar-refractivity contribution in [1.29, 1.82) is 0 Å². The molecule has 1 fully saturated rings. The monoisotopic (exact) mass is 283 g/mol. The van der Waals surface area contributed by atoms with Crippen molar-refractivity contribution in [3.05, 3.63) is 59.7 Å². The minimum Gasteiger partial charge on any atom is -0.497 e. The summed E-state index contributed by atoms with van der Waals surface area (Å²) in [5, 5.41) is 0. The lowest BCUT2D eigenvalue weighted by Gasteiger charge is -2.17. The molecule has 0 heterocycles. The van der Waals surface area contributed by atoms with Crippen molar-refractivity contribution in [3.63, 3.8) is 0 Å². The molecule has 1 aliphatic rings. The van der Waals surface area contributed by atoms with Crippen molar-refractivity contribution in [1.82, 2.24) is 0 Å². The van der Waals surface area contributed by atoms with Gasteiger partial charge < -0.3 is 15.2 Å². The SMILES string of the molecule is COc1ccc(C(N)C2CC2c2ccccc2)c(OC)c1. The van der Waals surface area contributed by atoms with Crippen LogP contribution in [0, 0.1) is 5.92 Å². The molecule has 21 heavy (non-hydrogen) atoms. The lowest BCUT2D eigenvalue weighted by atomic mass is 9.98. The largest absolute Gasteiger partial charge is 0.497 e. The van der Waals surface area contributed by atoms with E-state index in [1.807, 2.05) is 24.3 Å². The van der Waals surface area contributed by atoms with E-state index in [-0.39, 0.29) is 6.04 Å². The van der Waals surface area contributed by atoms with Crippen LogP contribution in [0.2, 0.25) is 0 Å². The topological polar surface area (TPSA) is 44.5 Å². The standard InChI is InChI=1S/C18H21NO2/c1-20-13-8-9-14(17(10-13)21-2)18(19)16-11-15(16)12-6-4-3-5-7-12/h3-10,15-16,18H,11,19H2,1-2H3. The van der Waals surface area contributed by atoms with Crippen LogP contribution in [0.3, 0.4) is 0 Å². The second kappa shape index (κ2) is 5.78. The molecular formula is C18H21NO2. The third kappa shape index (κ3) is 2.74. The molecule has 2 aromatic carbocycles. The fourth-order valence-corrected chi connectivity index (χ4v) is 3.02. The van der Waals surface area contributed by atoms with Gasteiger partial charge in [-0.15, -0.1) is 0 Å². The molecule has 3 nitrogen and oxygen atoms in total. The first-order chi connectivity index (χ1) is 10.2. The molecule has 3 unspecified atom stereocenters. The summed E-state index contributed by atoms with van der Waals surface area (Å²) in [5.74, 6) is 2.64. The maximum atomic E-state index is 6.48. The van der Waals surface area contributed by atoms with Gasteiger partial charge in [0.15, 0.2) is 0 Å².